The molecule has 0 spiro atoms. The molecule has 1 aromatic carbocycles. The van der Waals surface area contributed by atoms with Crippen LogP contribution in [0.5, 0.6) is 5.75 Å². The lowest BCUT2D eigenvalue weighted by Gasteiger charge is -2.34. The maximum Gasteiger partial charge on any atom is 0.267 e. The molecule has 0 bridgehead atoms. The zero-order valence-corrected chi connectivity index (χ0v) is 11.8. The summed E-state index contributed by atoms with van der Waals surface area (Å²) in [5.74, 6) is 0.702. The second-order valence-corrected chi connectivity index (χ2v) is 5.49. The van der Waals surface area contributed by atoms with E-state index in [2.05, 4.69) is 4.90 Å². The van der Waals surface area contributed by atoms with Gasteiger partial charge in [-0.15, -0.1) is 0 Å². The van der Waals surface area contributed by atoms with Crippen LogP contribution in [-0.4, -0.2) is 43.1 Å². The van der Waals surface area contributed by atoms with E-state index in [4.69, 9.17) is 10.5 Å². The summed E-state index contributed by atoms with van der Waals surface area (Å²) in [7, 11) is 0. The third-order valence-corrected chi connectivity index (χ3v) is 4.06. The average Bonchev–Trinajstić information content (AvgIpc) is 2.93. The highest BCUT2D eigenvalue weighted by molar-refractivity contribution is 6.02. The van der Waals surface area contributed by atoms with Crippen molar-refractivity contribution in [3.05, 3.63) is 18.2 Å². The molecule has 20 heavy (non-hydrogen) atoms. The van der Waals surface area contributed by atoms with Crippen LogP contribution < -0.4 is 15.4 Å². The Morgan fingerprint density at radius 3 is 2.80 bits per heavy atom. The van der Waals surface area contributed by atoms with Crippen molar-refractivity contribution in [3.63, 3.8) is 0 Å². The highest BCUT2D eigenvalue weighted by Gasteiger charge is 2.33. The number of hydrogen-bond donors (Lipinski definition) is 1. The van der Waals surface area contributed by atoms with Gasteiger partial charge in [0.15, 0.2) is 6.10 Å². The van der Waals surface area contributed by atoms with E-state index in [-0.39, 0.29) is 5.91 Å². The second kappa shape index (κ2) is 5.32. The monoisotopic (exact) mass is 275 g/mol. The van der Waals surface area contributed by atoms with E-state index in [9.17, 15) is 4.79 Å². The molecule has 2 aliphatic rings. The maximum atomic E-state index is 12.4. The number of carbonyl (C=O) groups is 1. The van der Waals surface area contributed by atoms with Crippen LogP contribution in [0, 0.1) is 0 Å². The number of ether oxygens (including phenoxy) is 1. The number of nitrogen functional groups attached to an aromatic ring is 1. The molecule has 1 amide bonds. The van der Waals surface area contributed by atoms with Gasteiger partial charge in [-0.3, -0.25) is 4.79 Å². The first kappa shape index (κ1) is 13.2. The molecule has 5 heteroatoms. The molecule has 2 heterocycles. The Morgan fingerprint density at radius 1 is 1.30 bits per heavy atom. The zero-order chi connectivity index (χ0) is 14.1. The molecule has 2 N–H and O–H groups in total. The van der Waals surface area contributed by atoms with Gasteiger partial charge < -0.3 is 20.3 Å². The predicted octanol–water partition coefficient (Wildman–Crippen LogP) is 1.48. The van der Waals surface area contributed by atoms with Gasteiger partial charge in [0.05, 0.1) is 5.69 Å². The van der Waals surface area contributed by atoms with Crippen LogP contribution in [0.2, 0.25) is 0 Å². The summed E-state index contributed by atoms with van der Waals surface area (Å²) >= 11 is 0. The Kier molecular flexibility index (Phi) is 3.53. The third kappa shape index (κ3) is 2.33. The topological polar surface area (TPSA) is 58.8 Å². The third-order valence-electron chi connectivity index (χ3n) is 4.06. The number of nitrogens with zero attached hydrogens (tertiary/aromatic N) is 2. The van der Waals surface area contributed by atoms with Crippen molar-refractivity contribution in [1.82, 2.24) is 4.90 Å². The molecule has 108 valence electrons. The standard InChI is InChI=1S/C15H21N3O2/c1-11-15(19)18(10-9-17-7-2-3-8-17)14-12(16)5-4-6-13(14)20-11/h4-6,11H,2-3,7-10,16H2,1H3. The highest BCUT2D eigenvalue weighted by atomic mass is 16.5. The van der Waals surface area contributed by atoms with Gasteiger partial charge in [-0.2, -0.15) is 0 Å². The van der Waals surface area contributed by atoms with Crippen LogP contribution in [0.25, 0.3) is 0 Å². The van der Waals surface area contributed by atoms with Crippen LogP contribution >= 0.6 is 0 Å². The summed E-state index contributed by atoms with van der Waals surface area (Å²) in [5, 5.41) is 0. The first-order valence-electron chi connectivity index (χ1n) is 7.25. The minimum Gasteiger partial charge on any atom is -0.479 e. The fourth-order valence-corrected chi connectivity index (χ4v) is 2.96. The summed E-state index contributed by atoms with van der Waals surface area (Å²) < 4.78 is 5.64. The number of amides is 1. The Hall–Kier alpha value is -1.75. The molecule has 3 rings (SSSR count). The van der Waals surface area contributed by atoms with E-state index in [1.165, 1.54) is 12.8 Å². The van der Waals surface area contributed by atoms with E-state index in [0.29, 0.717) is 18.0 Å². The van der Waals surface area contributed by atoms with Gasteiger partial charge in [0.25, 0.3) is 5.91 Å². The van der Waals surface area contributed by atoms with Crippen LogP contribution in [0.3, 0.4) is 0 Å². The van der Waals surface area contributed by atoms with E-state index in [1.54, 1.807) is 11.8 Å². The number of benzene rings is 1. The van der Waals surface area contributed by atoms with Crippen LogP contribution in [0.15, 0.2) is 18.2 Å². The predicted molar refractivity (Wildman–Crippen MR) is 79.0 cm³/mol. The number of fused-ring (bicyclic) bond motifs is 1. The first-order valence-corrected chi connectivity index (χ1v) is 7.25. The lowest BCUT2D eigenvalue weighted by Crippen LogP contribution is -2.47. The van der Waals surface area contributed by atoms with Gasteiger partial charge >= 0.3 is 0 Å². The maximum absolute atomic E-state index is 12.4. The quantitative estimate of drug-likeness (QED) is 0.849. The Labute approximate surface area is 119 Å². The lowest BCUT2D eigenvalue weighted by atomic mass is 10.1. The summed E-state index contributed by atoms with van der Waals surface area (Å²) in [6.07, 6.45) is 2.07. The molecule has 0 aromatic heterocycles. The SMILES string of the molecule is CC1Oc2cccc(N)c2N(CCN2CCCC2)C1=O. The van der Waals surface area contributed by atoms with Crippen molar-refractivity contribution in [1.29, 1.82) is 0 Å². The summed E-state index contributed by atoms with van der Waals surface area (Å²) in [5.41, 5.74) is 7.37. The first-order chi connectivity index (χ1) is 9.66. The van der Waals surface area contributed by atoms with E-state index < -0.39 is 6.10 Å². The van der Waals surface area contributed by atoms with Gasteiger partial charge in [0, 0.05) is 13.1 Å². The molecular weight excluding hydrogens is 254 g/mol. The number of likely N-dealkylation sites (tertiary alicyclic amines) is 1. The van der Waals surface area contributed by atoms with Gasteiger partial charge in [0.2, 0.25) is 0 Å². The van der Waals surface area contributed by atoms with Gasteiger partial charge in [-0.1, -0.05) is 6.07 Å². The van der Waals surface area contributed by atoms with E-state index in [0.717, 1.165) is 25.3 Å². The van der Waals surface area contributed by atoms with Crippen LogP contribution in [0.4, 0.5) is 11.4 Å². The Balaban J connectivity index is 1.82. The molecule has 1 saturated heterocycles. The largest absolute Gasteiger partial charge is 0.479 e. The Morgan fingerprint density at radius 2 is 2.05 bits per heavy atom. The summed E-state index contributed by atoms with van der Waals surface area (Å²) in [6, 6.07) is 5.54. The minimum atomic E-state index is -0.442. The fraction of sp³-hybridized carbons (Fsp3) is 0.533. The van der Waals surface area contributed by atoms with Gasteiger partial charge in [0.1, 0.15) is 11.4 Å². The van der Waals surface area contributed by atoms with Gasteiger partial charge in [-0.05, 0) is 45.0 Å². The van der Waals surface area contributed by atoms with Crippen molar-refractivity contribution in [2.24, 2.45) is 0 Å². The number of rotatable bonds is 3. The molecule has 0 radical (unpaired) electrons. The minimum absolute atomic E-state index is 0.00500. The van der Waals surface area contributed by atoms with E-state index in [1.807, 2.05) is 18.2 Å². The smallest absolute Gasteiger partial charge is 0.267 e. The number of anilines is 2. The molecular formula is C15H21N3O2. The van der Waals surface area contributed by atoms with Crippen molar-refractivity contribution in [2.45, 2.75) is 25.9 Å². The zero-order valence-electron chi connectivity index (χ0n) is 11.8. The molecule has 1 unspecified atom stereocenters. The molecule has 0 aliphatic carbocycles. The normalized spacial score (nSPS) is 22.8. The average molecular weight is 275 g/mol. The van der Waals surface area contributed by atoms with Crippen molar-refractivity contribution in [2.75, 3.05) is 36.8 Å². The number of hydrogen-bond acceptors (Lipinski definition) is 4. The fourth-order valence-electron chi connectivity index (χ4n) is 2.96. The van der Waals surface area contributed by atoms with E-state index >= 15 is 0 Å². The van der Waals surface area contributed by atoms with Crippen molar-refractivity contribution >= 4 is 17.3 Å². The summed E-state index contributed by atoms with van der Waals surface area (Å²) in [6.45, 7) is 5.62. The van der Waals surface area contributed by atoms with Gasteiger partial charge in [-0.25, -0.2) is 0 Å². The highest BCUT2D eigenvalue weighted by Crippen LogP contribution is 2.38. The number of para-hydroxylation sites is 1. The molecule has 1 atom stereocenters. The van der Waals surface area contributed by atoms with Crippen LogP contribution in [0.1, 0.15) is 19.8 Å². The number of nitrogens with two attached hydrogens (primary N) is 1. The van der Waals surface area contributed by atoms with Crippen LogP contribution in [-0.2, 0) is 4.79 Å². The molecule has 0 saturated carbocycles. The lowest BCUT2D eigenvalue weighted by molar-refractivity contribution is -0.125. The van der Waals surface area contributed by atoms with Crippen molar-refractivity contribution in [3.8, 4) is 5.75 Å². The van der Waals surface area contributed by atoms with Crippen molar-refractivity contribution < 1.29 is 9.53 Å². The number of carbonyl (C=O) groups excluding carboxylic acids is 1. The molecule has 5 nitrogen and oxygen atoms in total. The molecule has 2 aliphatic heterocycles. The molecule has 1 aromatic rings. The Bertz CT molecular complexity index is 512. The second-order valence-electron chi connectivity index (χ2n) is 5.49. The molecule has 1 fully saturated rings. The summed E-state index contributed by atoms with van der Waals surface area (Å²) in [4.78, 5) is 16.6.